The smallest absolute Gasteiger partial charge is 0.338 e. The molecule has 0 spiro atoms. The van der Waals surface area contributed by atoms with Crippen LogP contribution in [0.1, 0.15) is 21.7 Å². The quantitative estimate of drug-likeness (QED) is 0.428. The Hall–Kier alpha value is -4.46. The number of ether oxygens (including phenoxy) is 2. The monoisotopic (exact) mass is 457 g/mol. The molecule has 0 unspecified atom stereocenters. The number of aromatic nitrogens is 2. The van der Waals surface area contributed by atoms with Crippen LogP contribution in [0.25, 0.3) is 16.6 Å². The van der Waals surface area contributed by atoms with Crippen molar-refractivity contribution < 1.29 is 19.1 Å². The molecule has 4 rings (SSSR count). The summed E-state index contributed by atoms with van der Waals surface area (Å²) in [4.78, 5) is 41.9. The zero-order valence-corrected chi connectivity index (χ0v) is 18.8. The Kier molecular flexibility index (Phi) is 6.68. The first-order chi connectivity index (χ1) is 16.5. The summed E-state index contributed by atoms with van der Waals surface area (Å²) in [6.07, 6.45) is 0. The van der Waals surface area contributed by atoms with Gasteiger partial charge in [-0.05, 0) is 49.4 Å². The molecule has 0 bridgehead atoms. The van der Waals surface area contributed by atoms with Crippen molar-refractivity contribution in [2.75, 3.05) is 13.7 Å². The minimum atomic E-state index is -0.639. The first-order valence-electron chi connectivity index (χ1n) is 10.6. The molecule has 0 saturated heterocycles. The lowest BCUT2D eigenvalue weighted by atomic mass is 10.2. The molecule has 1 aromatic heterocycles. The lowest BCUT2D eigenvalue weighted by Crippen LogP contribution is -2.28. The van der Waals surface area contributed by atoms with Crippen LogP contribution in [0.4, 0.5) is 0 Å². The molecule has 172 valence electrons. The molecule has 0 aliphatic rings. The summed E-state index contributed by atoms with van der Waals surface area (Å²) in [6.45, 7) is 1.59. The summed E-state index contributed by atoms with van der Waals surface area (Å²) in [7, 11) is 1.56. The number of nitrogens with one attached hydrogen (secondary N) is 1. The highest BCUT2D eigenvalue weighted by Gasteiger charge is 2.13. The van der Waals surface area contributed by atoms with E-state index >= 15 is 0 Å². The summed E-state index contributed by atoms with van der Waals surface area (Å²) in [5.74, 6) is 0.126. The van der Waals surface area contributed by atoms with Crippen LogP contribution in [0, 0.1) is 6.92 Å². The van der Waals surface area contributed by atoms with Crippen LogP contribution in [0.2, 0.25) is 0 Å². The highest BCUT2D eigenvalue weighted by Crippen LogP contribution is 2.17. The summed E-state index contributed by atoms with van der Waals surface area (Å²) >= 11 is 0. The molecule has 8 nitrogen and oxygen atoms in total. The van der Waals surface area contributed by atoms with E-state index in [4.69, 9.17) is 9.47 Å². The van der Waals surface area contributed by atoms with Crippen molar-refractivity contribution in [3.8, 4) is 11.4 Å². The fourth-order valence-corrected chi connectivity index (χ4v) is 3.60. The van der Waals surface area contributed by atoms with Crippen LogP contribution in [0.3, 0.4) is 0 Å². The summed E-state index contributed by atoms with van der Waals surface area (Å²) in [6, 6.07) is 20.8. The second kappa shape index (κ2) is 9.99. The Balaban J connectivity index is 1.40. The van der Waals surface area contributed by atoms with E-state index in [0.29, 0.717) is 28.2 Å². The van der Waals surface area contributed by atoms with Gasteiger partial charge in [0.05, 0.1) is 29.3 Å². The fraction of sp³-hybridized carbons (Fsp3) is 0.154. The largest absolute Gasteiger partial charge is 0.496 e. The summed E-state index contributed by atoms with van der Waals surface area (Å²) < 4.78 is 11.9. The molecule has 34 heavy (non-hydrogen) atoms. The van der Waals surface area contributed by atoms with Crippen molar-refractivity contribution in [3.63, 3.8) is 0 Å². The van der Waals surface area contributed by atoms with Crippen molar-refractivity contribution in [2.45, 2.75) is 13.5 Å². The van der Waals surface area contributed by atoms with E-state index in [-0.39, 0.29) is 17.7 Å². The predicted molar refractivity (Wildman–Crippen MR) is 127 cm³/mol. The molecule has 4 aromatic rings. The number of amides is 1. The predicted octanol–water partition coefficient (Wildman–Crippen LogP) is 3.18. The number of nitrogens with zero attached hydrogens (tertiary/aromatic N) is 2. The number of hydrogen-bond acceptors (Lipinski definition) is 6. The van der Waals surface area contributed by atoms with Crippen LogP contribution in [-0.2, 0) is 16.1 Å². The number of carbonyl (C=O) groups excluding carboxylic acids is 2. The molecule has 0 saturated carbocycles. The Labute approximate surface area is 195 Å². The van der Waals surface area contributed by atoms with Crippen molar-refractivity contribution in [3.05, 3.63) is 100 Å². The molecule has 3 aromatic carbocycles. The van der Waals surface area contributed by atoms with Gasteiger partial charge in [-0.25, -0.2) is 9.78 Å². The maximum atomic E-state index is 12.9. The van der Waals surface area contributed by atoms with Gasteiger partial charge in [-0.15, -0.1) is 0 Å². The molecule has 0 radical (unpaired) electrons. The van der Waals surface area contributed by atoms with Crippen LogP contribution in [0.15, 0.2) is 77.6 Å². The van der Waals surface area contributed by atoms with E-state index in [0.717, 1.165) is 5.56 Å². The zero-order valence-electron chi connectivity index (χ0n) is 18.8. The van der Waals surface area contributed by atoms with Gasteiger partial charge < -0.3 is 14.8 Å². The average molecular weight is 457 g/mol. The SMILES string of the molecule is COc1ccccc1CNC(=O)COC(=O)c1ccc(-n2c(C)nc3ccccc3c2=O)cc1. The molecule has 0 atom stereocenters. The Morgan fingerprint density at radius 2 is 1.68 bits per heavy atom. The third-order valence-electron chi connectivity index (χ3n) is 5.31. The lowest BCUT2D eigenvalue weighted by molar-refractivity contribution is -0.124. The zero-order chi connectivity index (χ0) is 24.1. The van der Waals surface area contributed by atoms with E-state index in [1.165, 1.54) is 4.57 Å². The molecule has 1 amide bonds. The van der Waals surface area contributed by atoms with E-state index < -0.39 is 18.5 Å². The molecule has 0 aliphatic carbocycles. The number of fused-ring (bicyclic) bond motifs is 1. The maximum absolute atomic E-state index is 12.9. The Bertz CT molecular complexity index is 1410. The van der Waals surface area contributed by atoms with Crippen molar-refractivity contribution in [2.24, 2.45) is 0 Å². The number of methoxy groups -OCH3 is 1. The fourth-order valence-electron chi connectivity index (χ4n) is 3.60. The Morgan fingerprint density at radius 3 is 2.44 bits per heavy atom. The molecule has 0 aliphatic heterocycles. The number of carbonyl (C=O) groups is 2. The van der Waals surface area contributed by atoms with Crippen LogP contribution < -0.4 is 15.6 Å². The highest BCUT2D eigenvalue weighted by molar-refractivity contribution is 5.91. The van der Waals surface area contributed by atoms with E-state index in [9.17, 15) is 14.4 Å². The highest BCUT2D eigenvalue weighted by atomic mass is 16.5. The normalized spacial score (nSPS) is 10.6. The number of rotatable bonds is 7. The van der Waals surface area contributed by atoms with E-state index in [2.05, 4.69) is 10.3 Å². The van der Waals surface area contributed by atoms with Gasteiger partial charge in [-0.1, -0.05) is 30.3 Å². The number of esters is 1. The summed E-state index contributed by atoms with van der Waals surface area (Å²) in [5.41, 5.74) is 2.09. The van der Waals surface area contributed by atoms with Crippen molar-refractivity contribution in [1.29, 1.82) is 0 Å². The number of hydrogen-bond donors (Lipinski definition) is 1. The van der Waals surface area contributed by atoms with Gasteiger partial charge >= 0.3 is 5.97 Å². The van der Waals surface area contributed by atoms with Crippen LogP contribution >= 0.6 is 0 Å². The molecular weight excluding hydrogens is 434 g/mol. The van der Waals surface area contributed by atoms with Crippen molar-refractivity contribution >= 4 is 22.8 Å². The first-order valence-corrected chi connectivity index (χ1v) is 10.6. The van der Waals surface area contributed by atoms with Gasteiger partial charge in [0, 0.05) is 12.1 Å². The van der Waals surface area contributed by atoms with Crippen LogP contribution in [0.5, 0.6) is 5.75 Å². The number of benzene rings is 3. The molecular formula is C26H23N3O5. The van der Waals surface area contributed by atoms with Gasteiger partial charge in [0.25, 0.3) is 11.5 Å². The van der Waals surface area contributed by atoms with Gasteiger partial charge in [-0.2, -0.15) is 0 Å². The number of para-hydroxylation sites is 2. The topological polar surface area (TPSA) is 99.5 Å². The second-order valence-corrected chi connectivity index (χ2v) is 7.53. The molecule has 1 N–H and O–H groups in total. The third-order valence-corrected chi connectivity index (χ3v) is 5.31. The minimum absolute atomic E-state index is 0.190. The van der Waals surface area contributed by atoms with Crippen molar-refractivity contribution in [1.82, 2.24) is 14.9 Å². The second-order valence-electron chi connectivity index (χ2n) is 7.53. The van der Waals surface area contributed by atoms with E-state index in [1.807, 2.05) is 24.3 Å². The van der Waals surface area contributed by atoms with Gasteiger partial charge in [0.1, 0.15) is 11.6 Å². The van der Waals surface area contributed by atoms with Gasteiger partial charge in [-0.3, -0.25) is 14.2 Å². The standard InChI is InChI=1S/C26H23N3O5/c1-17-28-22-9-5-4-8-21(22)25(31)29(17)20-13-11-18(12-14-20)26(32)34-16-24(30)27-15-19-7-3-6-10-23(19)33-2/h3-14H,15-16H2,1-2H3,(H,27,30). The van der Waals surface area contributed by atoms with Crippen LogP contribution in [-0.4, -0.2) is 35.1 Å². The summed E-state index contributed by atoms with van der Waals surface area (Å²) in [5, 5.41) is 3.21. The minimum Gasteiger partial charge on any atom is -0.496 e. The maximum Gasteiger partial charge on any atom is 0.338 e. The average Bonchev–Trinajstić information content (AvgIpc) is 2.86. The van der Waals surface area contributed by atoms with Gasteiger partial charge in [0.2, 0.25) is 0 Å². The third kappa shape index (κ3) is 4.80. The first kappa shape index (κ1) is 22.7. The Morgan fingerprint density at radius 1 is 0.971 bits per heavy atom. The molecule has 0 fully saturated rings. The molecule has 1 heterocycles. The van der Waals surface area contributed by atoms with Gasteiger partial charge in [0.15, 0.2) is 6.61 Å². The number of aryl methyl sites for hydroxylation is 1. The lowest BCUT2D eigenvalue weighted by Gasteiger charge is -2.12. The van der Waals surface area contributed by atoms with E-state index in [1.54, 1.807) is 62.6 Å². The molecule has 8 heteroatoms.